The van der Waals surface area contributed by atoms with Crippen LogP contribution in [-0.2, 0) is 16.4 Å². The third-order valence-corrected chi connectivity index (χ3v) is 6.04. The van der Waals surface area contributed by atoms with Gasteiger partial charge in [0.2, 0.25) is 15.8 Å². The van der Waals surface area contributed by atoms with Crippen molar-refractivity contribution in [1.29, 1.82) is 0 Å². The van der Waals surface area contributed by atoms with E-state index in [4.69, 9.17) is 23.8 Å². The van der Waals surface area contributed by atoms with Gasteiger partial charge in [-0.2, -0.15) is 4.98 Å². The molecular formula is C24H25N3O6S. The van der Waals surface area contributed by atoms with E-state index in [1.165, 1.54) is 0 Å². The summed E-state index contributed by atoms with van der Waals surface area (Å²) < 4.78 is 44.6. The van der Waals surface area contributed by atoms with Crippen molar-refractivity contribution in [3.8, 4) is 28.4 Å². The minimum Gasteiger partial charge on any atom is -0.493 e. The zero-order chi connectivity index (χ0) is 24.3. The largest absolute Gasteiger partial charge is 0.493 e. The van der Waals surface area contributed by atoms with Crippen LogP contribution in [0, 0.1) is 0 Å². The Bertz CT molecular complexity index is 1390. The molecule has 0 aliphatic heterocycles. The summed E-state index contributed by atoms with van der Waals surface area (Å²) >= 11 is 0. The summed E-state index contributed by atoms with van der Waals surface area (Å²) in [5.41, 5.74) is 4.62. The Labute approximate surface area is 197 Å². The lowest BCUT2D eigenvalue weighted by atomic mass is 10.0. The predicted octanol–water partition coefficient (Wildman–Crippen LogP) is 4.10. The molecular weight excluding hydrogens is 458 g/mol. The Morgan fingerprint density at radius 2 is 1.65 bits per heavy atom. The molecule has 0 bridgehead atoms. The first kappa shape index (κ1) is 23.4. The van der Waals surface area contributed by atoms with Crippen LogP contribution in [0.5, 0.6) is 17.2 Å². The fourth-order valence-corrected chi connectivity index (χ4v) is 4.14. The minimum atomic E-state index is -3.50. The standard InChI is InChI=1S/C24H25N3O6S/c1-30-20-13-17(14-21(31-2)23(20)32-3)26-24-27-19-6-4-5-18(22(19)33-24)16-9-7-15(8-10-16)11-12-34(25,28)29/h4-10,13-14H,11-12H2,1-3H3,(H,26,27)(H2,25,28,29). The Morgan fingerprint density at radius 3 is 2.24 bits per heavy atom. The van der Waals surface area contributed by atoms with Gasteiger partial charge in [-0.25, -0.2) is 13.6 Å². The highest BCUT2D eigenvalue weighted by Gasteiger charge is 2.16. The van der Waals surface area contributed by atoms with E-state index in [1.54, 1.807) is 33.5 Å². The summed E-state index contributed by atoms with van der Waals surface area (Å²) in [6.45, 7) is 0. The Kier molecular flexibility index (Phi) is 6.62. The number of oxazole rings is 1. The van der Waals surface area contributed by atoms with Crippen LogP contribution >= 0.6 is 0 Å². The first-order valence-electron chi connectivity index (χ1n) is 10.4. The second kappa shape index (κ2) is 9.62. The average molecular weight is 484 g/mol. The van der Waals surface area contributed by atoms with E-state index >= 15 is 0 Å². The number of methoxy groups -OCH3 is 3. The lowest BCUT2D eigenvalue weighted by molar-refractivity contribution is 0.324. The third-order valence-electron chi connectivity index (χ3n) is 5.27. The Balaban J connectivity index is 1.63. The van der Waals surface area contributed by atoms with Crippen molar-refractivity contribution in [2.24, 2.45) is 5.14 Å². The summed E-state index contributed by atoms with van der Waals surface area (Å²) in [5.74, 6) is 1.40. The smallest absolute Gasteiger partial charge is 0.300 e. The number of aromatic nitrogens is 1. The second-order valence-corrected chi connectivity index (χ2v) is 9.26. The molecule has 0 amide bonds. The predicted molar refractivity (Wildman–Crippen MR) is 131 cm³/mol. The van der Waals surface area contributed by atoms with Crippen molar-refractivity contribution in [3.63, 3.8) is 0 Å². The molecule has 0 aliphatic carbocycles. The van der Waals surface area contributed by atoms with Crippen molar-refractivity contribution >= 4 is 32.8 Å². The molecule has 1 aromatic heterocycles. The van der Waals surface area contributed by atoms with Crippen LogP contribution in [0.1, 0.15) is 5.56 Å². The van der Waals surface area contributed by atoms with Crippen LogP contribution < -0.4 is 24.7 Å². The van der Waals surface area contributed by atoms with Crippen molar-refractivity contribution < 1.29 is 27.0 Å². The highest BCUT2D eigenvalue weighted by Crippen LogP contribution is 2.41. The monoisotopic (exact) mass is 483 g/mol. The molecule has 10 heteroatoms. The van der Waals surface area contributed by atoms with E-state index in [2.05, 4.69) is 10.3 Å². The number of rotatable bonds is 9. The lowest BCUT2D eigenvalue weighted by Crippen LogP contribution is -2.17. The minimum absolute atomic E-state index is 0.0972. The van der Waals surface area contributed by atoms with E-state index < -0.39 is 10.0 Å². The van der Waals surface area contributed by atoms with E-state index in [0.29, 0.717) is 46.5 Å². The molecule has 0 saturated carbocycles. The summed E-state index contributed by atoms with van der Waals surface area (Å²) in [6, 6.07) is 17.1. The maximum Gasteiger partial charge on any atom is 0.300 e. The zero-order valence-electron chi connectivity index (χ0n) is 19.0. The lowest BCUT2D eigenvalue weighted by Gasteiger charge is -2.14. The number of ether oxygens (including phenoxy) is 3. The summed E-state index contributed by atoms with van der Waals surface area (Å²) in [5, 5.41) is 8.25. The summed E-state index contributed by atoms with van der Waals surface area (Å²) in [6.07, 6.45) is 0.356. The van der Waals surface area contributed by atoms with Gasteiger partial charge >= 0.3 is 0 Å². The van der Waals surface area contributed by atoms with Crippen LogP contribution in [0.4, 0.5) is 11.7 Å². The molecule has 4 rings (SSSR count). The van der Waals surface area contributed by atoms with E-state index in [9.17, 15) is 8.42 Å². The number of sulfonamides is 1. The maximum atomic E-state index is 11.2. The zero-order valence-corrected chi connectivity index (χ0v) is 19.8. The van der Waals surface area contributed by atoms with E-state index in [1.807, 2.05) is 42.5 Å². The number of benzene rings is 3. The molecule has 178 valence electrons. The molecule has 0 atom stereocenters. The number of primary sulfonamides is 1. The van der Waals surface area contributed by atoms with Crippen molar-refractivity contribution in [3.05, 3.63) is 60.2 Å². The van der Waals surface area contributed by atoms with Gasteiger partial charge in [0.1, 0.15) is 5.52 Å². The first-order valence-corrected chi connectivity index (χ1v) is 12.1. The summed E-state index contributed by atoms with van der Waals surface area (Å²) in [7, 11) is 1.14. The first-order chi connectivity index (χ1) is 16.3. The van der Waals surface area contributed by atoms with Gasteiger partial charge in [-0.1, -0.05) is 36.4 Å². The molecule has 0 spiro atoms. The normalized spacial score (nSPS) is 11.4. The van der Waals surface area contributed by atoms with Crippen LogP contribution in [0.15, 0.2) is 59.0 Å². The molecule has 3 N–H and O–H groups in total. The van der Waals surface area contributed by atoms with Crippen LogP contribution in [0.2, 0.25) is 0 Å². The SMILES string of the molecule is COc1cc(Nc2nc3cccc(-c4ccc(CCS(N)(=O)=O)cc4)c3o2)cc(OC)c1OC. The van der Waals surface area contributed by atoms with Gasteiger partial charge < -0.3 is 23.9 Å². The molecule has 0 fully saturated rings. The number of para-hydroxylation sites is 1. The highest BCUT2D eigenvalue weighted by atomic mass is 32.2. The number of fused-ring (bicyclic) bond motifs is 1. The van der Waals surface area contributed by atoms with Crippen LogP contribution in [-0.4, -0.2) is 40.5 Å². The van der Waals surface area contributed by atoms with E-state index in [-0.39, 0.29) is 5.75 Å². The Hall–Kier alpha value is -3.76. The van der Waals surface area contributed by atoms with Crippen LogP contribution in [0.3, 0.4) is 0 Å². The molecule has 3 aromatic carbocycles. The topological polar surface area (TPSA) is 126 Å². The highest BCUT2D eigenvalue weighted by molar-refractivity contribution is 7.89. The van der Waals surface area contributed by atoms with Gasteiger partial charge in [-0.15, -0.1) is 0 Å². The van der Waals surface area contributed by atoms with Crippen LogP contribution in [0.25, 0.3) is 22.2 Å². The molecule has 0 aliphatic rings. The molecule has 34 heavy (non-hydrogen) atoms. The Morgan fingerprint density at radius 1 is 0.971 bits per heavy atom. The molecule has 0 saturated heterocycles. The number of nitrogens with two attached hydrogens (primary N) is 1. The number of hydrogen-bond acceptors (Lipinski definition) is 8. The molecule has 9 nitrogen and oxygen atoms in total. The number of nitrogens with zero attached hydrogens (tertiary/aromatic N) is 1. The number of anilines is 2. The third kappa shape index (κ3) is 5.08. The van der Waals surface area contributed by atoms with Gasteiger partial charge in [0, 0.05) is 23.4 Å². The molecule has 4 aromatic rings. The number of hydrogen-bond donors (Lipinski definition) is 2. The maximum absolute atomic E-state index is 11.2. The van der Waals surface area contributed by atoms with Gasteiger partial charge in [-0.3, -0.25) is 0 Å². The second-order valence-electron chi connectivity index (χ2n) is 7.53. The van der Waals surface area contributed by atoms with Crippen molar-refractivity contribution in [1.82, 2.24) is 4.98 Å². The fourth-order valence-electron chi connectivity index (χ4n) is 3.62. The van der Waals surface area contributed by atoms with Gasteiger partial charge in [0.25, 0.3) is 6.01 Å². The molecule has 0 radical (unpaired) electrons. The van der Waals surface area contributed by atoms with Gasteiger partial charge in [0.05, 0.1) is 27.1 Å². The molecule has 1 heterocycles. The average Bonchev–Trinajstić information content (AvgIpc) is 3.24. The van der Waals surface area contributed by atoms with E-state index in [0.717, 1.165) is 16.7 Å². The number of nitrogens with one attached hydrogen (secondary N) is 1. The quantitative estimate of drug-likeness (QED) is 0.364. The van der Waals surface area contributed by atoms with Crippen molar-refractivity contribution in [2.45, 2.75) is 6.42 Å². The van der Waals surface area contributed by atoms with Gasteiger partial charge in [0.15, 0.2) is 17.1 Å². The molecule has 0 unspecified atom stereocenters. The fraction of sp³-hybridized carbons (Fsp3) is 0.208. The number of aryl methyl sites for hydroxylation is 1. The summed E-state index contributed by atoms with van der Waals surface area (Å²) in [4.78, 5) is 4.55. The van der Waals surface area contributed by atoms with Gasteiger partial charge in [-0.05, 0) is 23.6 Å². The van der Waals surface area contributed by atoms with Crippen molar-refractivity contribution in [2.75, 3.05) is 32.4 Å².